The van der Waals surface area contributed by atoms with E-state index in [1.54, 1.807) is 0 Å². The second kappa shape index (κ2) is 8.63. The summed E-state index contributed by atoms with van der Waals surface area (Å²) in [6.07, 6.45) is 2.72. The summed E-state index contributed by atoms with van der Waals surface area (Å²) in [4.78, 5) is 29.5. The molecule has 3 aliphatic rings. The first-order valence-electron chi connectivity index (χ1n) is 12.8. The number of hydrogen-bond acceptors (Lipinski definition) is 3. The number of nitrogens with zero attached hydrogens (tertiary/aromatic N) is 1. The summed E-state index contributed by atoms with van der Waals surface area (Å²) in [5.74, 6) is 0.696. The number of benzene rings is 2. The van der Waals surface area contributed by atoms with Gasteiger partial charge in [-0.15, -0.1) is 0 Å². The van der Waals surface area contributed by atoms with Crippen molar-refractivity contribution < 1.29 is 14.3 Å². The summed E-state index contributed by atoms with van der Waals surface area (Å²) in [6, 6.07) is 17.5. The number of ether oxygens (including phenoxy) is 1. The van der Waals surface area contributed by atoms with Crippen LogP contribution in [0.15, 0.2) is 71.1 Å². The van der Waals surface area contributed by atoms with Crippen LogP contribution in [-0.4, -0.2) is 19.9 Å². The molecule has 2 atom stereocenters. The number of para-hydroxylation sites is 2. The summed E-state index contributed by atoms with van der Waals surface area (Å²) in [6.45, 7) is 13.8. The van der Waals surface area contributed by atoms with E-state index in [1.807, 2.05) is 48.5 Å². The summed E-state index contributed by atoms with van der Waals surface area (Å²) >= 11 is 0. The Labute approximate surface area is 209 Å². The van der Waals surface area contributed by atoms with Crippen LogP contribution in [-0.2, 0) is 9.59 Å². The SMILES string of the molecule is CC(C)[Si](C1=C2Oc3ccccc3C=C2CC2C(=O)N(c3ccccc3)C(=O)C12)(C(C)C)C(C)C. The standard InChI is InChI=1S/C30H35NO3Si/c1-18(2)35(19(3)4,20(5)6)28-26-24(29(32)31(30(26)33)23-13-8-7-9-14-23)17-22-16-21-12-10-11-15-25(21)34-27(22)28/h7-16,18-20,24,26H,17H2,1-6H3. The average Bonchev–Trinajstić information content (AvgIpc) is 3.07. The zero-order chi connectivity index (χ0) is 25.1. The fourth-order valence-electron chi connectivity index (χ4n) is 7.37. The van der Waals surface area contributed by atoms with Crippen molar-refractivity contribution in [1.29, 1.82) is 0 Å². The molecule has 182 valence electrons. The molecule has 0 spiro atoms. The Bertz CT molecular complexity index is 1220. The van der Waals surface area contributed by atoms with E-state index in [1.165, 1.54) is 4.90 Å². The first kappa shape index (κ1) is 23.8. The lowest BCUT2D eigenvalue weighted by atomic mass is 9.80. The Hall–Kier alpha value is -2.92. The predicted molar refractivity (Wildman–Crippen MR) is 144 cm³/mol. The number of fused-ring (bicyclic) bond motifs is 3. The monoisotopic (exact) mass is 485 g/mol. The van der Waals surface area contributed by atoms with Crippen LogP contribution in [0.5, 0.6) is 5.75 Å². The molecule has 0 aromatic heterocycles. The number of allylic oxidation sites excluding steroid dienone is 1. The number of imide groups is 1. The van der Waals surface area contributed by atoms with Gasteiger partial charge in [0.05, 0.1) is 25.6 Å². The van der Waals surface area contributed by atoms with Crippen molar-refractivity contribution in [2.24, 2.45) is 11.8 Å². The number of amides is 2. The highest BCUT2D eigenvalue weighted by molar-refractivity contribution is 6.90. The second-order valence-corrected chi connectivity index (χ2v) is 17.0. The minimum absolute atomic E-state index is 0.0818. The summed E-state index contributed by atoms with van der Waals surface area (Å²) in [7, 11) is -2.33. The summed E-state index contributed by atoms with van der Waals surface area (Å²) in [5.41, 5.74) is 3.92. The van der Waals surface area contributed by atoms with E-state index in [0.29, 0.717) is 28.7 Å². The molecule has 0 bridgehead atoms. The van der Waals surface area contributed by atoms with Crippen LogP contribution in [0.4, 0.5) is 5.69 Å². The molecule has 5 rings (SSSR count). The van der Waals surface area contributed by atoms with Crippen molar-refractivity contribution in [2.45, 2.75) is 64.6 Å². The first-order valence-corrected chi connectivity index (χ1v) is 15.1. The molecule has 2 amide bonds. The van der Waals surface area contributed by atoms with E-state index in [2.05, 4.69) is 53.7 Å². The molecule has 1 saturated heterocycles. The van der Waals surface area contributed by atoms with E-state index in [-0.39, 0.29) is 17.7 Å². The molecule has 2 aromatic rings. The third kappa shape index (κ3) is 3.39. The zero-order valence-corrected chi connectivity index (χ0v) is 22.5. The third-order valence-electron chi connectivity index (χ3n) is 8.52. The largest absolute Gasteiger partial charge is 0.457 e. The fraction of sp³-hybridized carbons (Fsp3) is 0.400. The van der Waals surface area contributed by atoms with Crippen molar-refractivity contribution >= 4 is 31.7 Å². The Morgan fingerprint density at radius 1 is 0.829 bits per heavy atom. The third-order valence-corrected chi connectivity index (χ3v) is 15.7. The lowest BCUT2D eigenvalue weighted by molar-refractivity contribution is -0.122. The zero-order valence-electron chi connectivity index (χ0n) is 21.5. The van der Waals surface area contributed by atoms with Gasteiger partial charge in [0.25, 0.3) is 0 Å². The fourth-order valence-corrected chi connectivity index (χ4v) is 14.7. The quantitative estimate of drug-likeness (QED) is 0.334. The van der Waals surface area contributed by atoms with Gasteiger partial charge in [-0.2, -0.15) is 0 Å². The van der Waals surface area contributed by atoms with Gasteiger partial charge in [-0.3, -0.25) is 9.59 Å². The molecule has 0 radical (unpaired) electrons. The lowest BCUT2D eigenvalue weighted by Crippen LogP contribution is -2.53. The Balaban J connectivity index is 1.79. The van der Waals surface area contributed by atoms with Gasteiger partial charge in [-0.1, -0.05) is 77.9 Å². The Morgan fingerprint density at radius 3 is 2.06 bits per heavy atom. The number of carbonyl (C=O) groups is 2. The van der Waals surface area contributed by atoms with Crippen molar-refractivity contribution in [3.63, 3.8) is 0 Å². The van der Waals surface area contributed by atoms with Crippen molar-refractivity contribution in [3.05, 3.63) is 76.7 Å². The van der Waals surface area contributed by atoms with Crippen LogP contribution >= 0.6 is 0 Å². The molecule has 2 aliphatic heterocycles. The predicted octanol–water partition coefficient (Wildman–Crippen LogP) is 7.14. The number of carbonyl (C=O) groups excluding carboxylic acids is 2. The smallest absolute Gasteiger partial charge is 0.241 e. The van der Waals surface area contributed by atoms with E-state index in [0.717, 1.165) is 27.8 Å². The van der Waals surface area contributed by atoms with Gasteiger partial charge in [0.15, 0.2) is 0 Å². The minimum atomic E-state index is -2.33. The number of rotatable bonds is 5. The van der Waals surface area contributed by atoms with Gasteiger partial charge < -0.3 is 4.74 Å². The molecule has 0 saturated carbocycles. The van der Waals surface area contributed by atoms with Gasteiger partial charge in [-0.25, -0.2) is 4.90 Å². The highest BCUT2D eigenvalue weighted by atomic mass is 28.3. The van der Waals surface area contributed by atoms with E-state index in [4.69, 9.17) is 4.74 Å². The molecule has 2 unspecified atom stereocenters. The Kier molecular flexibility index (Phi) is 5.87. The minimum Gasteiger partial charge on any atom is -0.457 e. The number of hydrogen-bond donors (Lipinski definition) is 0. The van der Waals surface area contributed by atoms with Crippen LogP contribution in [0.25, 0.3) is 6.08 Å². The molecular weight excluding hydrogens is 450 g/mol. The molecule has 5 heteroatoms. The van der Waals surface area contributed by atoms with Crippen LogP contribution in [0.2, 0.25) is 16.6 Å². The van der Waals surface area contributed by atoms with Crippen molar-refractivity contribution in [1.82, 2.24) is 0 Å². The Morgan fingerprint density at radius 2 is 1.43 bits per heavy atom. The van der Waals surface area contributed by atoms with Gasteiger partial charge >= 0.3 is 0 Å². The van der Waals surface area contributed by atoms with Gasteiger partial charge in [-0.05, 0) is 58.1 Å². The van der Waals surface area contributed by atoms with E-state index >= 15 is 0 Å². The molecule has 1 fully saturated rings. The maximum atomic E-state index is 14.2. The topological polar surface area (TPSA) is 46.6 Å². The molecule has 35 heavy (non-hydrogen) atoms. The number of anilines is 1. The highest BCUT2D eigenvalue weighted by Gasteiger charge is 2.61. The first-order chi connectivity index (χ1) is 16.7. The maximum Gasteiger partial charge on any atom is 0.241 e. The van der Waals surface area contributed by atoms with E-state index < -0.39 is 14.0 Å². The molecule has 4 nitrogen and oxygen atoms in total. The molecule has 1 aliphatic carbocycles. The summed E-state index contributed by atoms with van der Waals surface area (Å²) < 4.78 is 6.70. The van der Waals surface area contributed by atoms with Crippen LogP contribution in [0.1, 0.15) is 53.5 Å². The van der Waals surface area contributed by atoms with Crippen molar-refractivity contribution in [2.75, 3.05) is 4.90 Å². The second-order valence-electron chi connectivity index (χ2n) is 11.1. The van der Waals surface area contributed by atoms with Crippen LogP contribution in [0, 0.1) is 11.8 Å². The maximum absolute atomic E-state index is 14.2. The highest BCUT2D eigenvalue weighted by Crippen LogP contribution is 2.57. The average molecular weight is 486 g/mol. The van der Waals surface area contributed by atoms with Crippen LogP contribution < -0.4 is 9.64 Å². The molecule has 2 heterocycles. The summed E-state index contributed by atoms with van der Waals surface area (Å²) in [5, 5.41) is 1.16. The van der Waals surface area contributed by atoms with Gasteiger partial charge in [0.1, 0.15) is 11.5 Å². The van der Waals surface area contributed by atoms with Crippen molar-refractivity contribution in [3.8, 4) is 5.75 Å². The lowest BCUT2D eigenvalue weighted by Gasteiger charge is -2.49. The molecule has 0 N–H and O–H groups in total. The van der Waals surface area contributed by atoms with E-state index in [9.17, 15) is 9.59 Å². The van der Waals surface area contributed by atoms with Gasteiger partial charge in [0, 0.05) is 5.56 Å². The van der Waals surface area contributed by atoms with Gasteiger partial charge in [0.2, 0.25) is 11.8 Å². The normalized spacial score (nSPS) is 21.9. The molecular formula is C30H35NO3Si. The van der Waals surface area contributed by atoms with Crippen LogP contribution in [0.3, 0.4) is 0 Å². The molecule has 2 aromatic carbocycles.